The Balaban J connectivity index is 1.14. The van der Waals surface area contributed by atoms with Crippen LogP contribution in [0.4, 0.5) is 17.1 Å². The van der Waals surface area contributed by atoms with E-state index in [2.05, 4.69) is 5.32 Å². The van der Waals surface area contributed by atoms with Gasteiger partial charge >= 0.3 is 0 Å². The summed E-state index contributed by atoms with van der Waals surface area (Å²) in [4.78, 5) is 56.6. The van der Waals surface area contributed by atoms with Gasteiger partial charge in [-0.05, 0) is 91.9 Å². The summed E-state index contributed by atoms with van der Waals surface area (Å²) >= 11 is 0. The van der Waals surface area contributed by atoms with E-state index in [0.29, 0.717) is 41.0 Å². The number of hydrogen-bond donors (Lipinski definition) is 2. The largest absolute Gasteiger partial charge is 0.508 e. The molecule has 228 valence electrons. The summed E-state index contributed by atoms with van der Waals surface area (Å²) in [6.45, 7) is 1.65. The monoisotopic (exact) mass is 610 g/mol. The molecule has 8 nitrogen and oxygen atoms in total. The first-order valence-electron chi connectivity index (χ1n) is 15.5. The van der Waals surface area contributed by atoms with E-state index in [4.69, 9.17) is 4.74 Å². The van der Waals surface area contributed by atoms with Crippen molar-refractivity contribution in [3.05, 3.63) is 125 Å². The maximum absolute atomic E-state index is 14.2. The average Bonchev–Trinajstić information content (AvgIpc) is 3.32. The number of carbonyl (C=O) groups is 4. The van der Waals surface area contributed by atoms with Crippen molar-refractivity contribution >= 4 is 40.4 Å². The molecule has 2 amide bonds. The molecule has 1 fully saturated rings. The number of anilines is 3. The van der Waals surface area contributed by atoms with Crippen molar-refractivity contribution in [2.75, 3.05) is 10.2 Å². The summed E-state index contributed by atoms with van der Waals surface area (Å²) in [6, 6.07) is 21.8. The lowest BCUT2D eigenvalue weighted by Gasteiger charge is -2.43. The van der Waals surface area contributed by atoms with Crippen LogP contribution in [-0.2, 0) is 25.6 Å². The van der Waals surface area contributed by atoms with Crippen LogP contribution in [0, 0.1) is 23.7 Å². The number of phenols is 1. The number of allylic oxidation sites excluding steroid dienone is 7. The van der Waals surface area contributed by atoms with E-state index in [1.54, 1.807) is 43.5 Å². The van der Waals surface area contributed by atoms with E-state index in [-0.39, 0.29) is 35.6 Å². The molecular weight excluding hydrogens is 580 g/mol. The van der Waals surface area contributed by atoms with Gasteiger partial charge in [-0.25, -0.2) is 0 Å². The van der Waals surface area contributed by atoms with Crippen molar-refractivity contribution in [1.29, 1.82) is 0 Å². The fraction of sp³-hybridized carbons (Fsp3) is 0.211. The van der Waals surface area contributed by atoms with Gasteiger partial charge in [-0.15, -0.1) is 0 Å². The van der Waals surface area contributed by atoms with Crippen LogP contribution >= 0.6 is 0 Å². The zero-order valence-corrected chi connectivity index (χ0v) is 25.0. The van der Waals surface area contributed by atoms with Crippen molar-refractivity contribution < 1.29 is 29.0 Å². The number of benzene rings is 3. The average molecular weight is 611 g/mol. The van der Waals surface area contributed by atoms with E-state index in [0.717, 1.165) is 28.1 Å². The first-order chi connectivity index (χ1) is 22.3. The molecular formula is C38H30N2O6. The fourth-order valence-corrected chi connectivity index (χ4v) is 7.81. The molecule has 0 saturated carbocycles. The number of imide groups is 1. The van der Waals surface area contributed by atoms with Crippen LogP contribution in [-0.4, -0.2) is 28.5 Å². The Kier molecular flexibility index (Phi) is 6.42. The molecule has 4 atom stereocenters. The number of carbonyl (C=O) groups excluding carboxylic acids is 4. The molecule has 2 aliphatic heterocycles. The molecule has 8 heteroatoms. The highest BCUT2D eigenvalue weighted by Crippen LogP contribution is 2.55. The van der Waals surface area contributed by atoms with Gasteiger partial charge in [-0.1, -0.05) is 29.8 Å². The summed E-state index contributed by atoms with van der Waals surface area (Å²) in [7, 11) is 0. The number of amides is 2. The number of ether oxygens (including phenoxy) is 1. The minimum absolute atomic E-state index is 0.103. The SMILES string of the molecule is CC1=CC(=O)C2=C(C1=O)C(C1=COc3ccc(O)cc3C1)C1=CCC3C(=O)N(c4ccc(Nc5ccccc5)cc4)C(=O)C3C1C2. The molecule has 5 aliphatic rings. The molecule has 0 spiro atoms. The Labute approximate surface area is 265 Å². The molecule has 3 aromatic carbocycles. The van der Waals surface area contributed by atoms with Gasteiger partial charge in [0.05, 0.1) is 23.8 Å². The number of para-hydroxylation sites is 1. The molecule has 2 N–H and O–H groups in total. The molecule has 46 heavy (non-hydrogen) atoms. The molecule has 1 saturated heterocycles. The number of aromatic hydroxyl groups is 1. The lowest BCUT2D eigenvalue weighted by atomic mass is 9.58. The Morgan fingerprint density at radius 2 is 1.65 bits per heavy atom. The van der Waals surface area contributed by atoms with Gasteiger partial charge < -0.3 is 15.2 Å². The smallest absolute Gasteiger partial charge is 0.238 e. The Hall–Kier alpha value is -5.50. The van der Waals surface area contributed by atoms with Crippen LogP contribution in [0.1, 0.15) is 25.3 Å². The van der Waals surface area contributed by atoms with E-state index in [1.165, 1.54) is 11.0 Å². The Morgan fingerprint density at radius 3 is 2.43 bits per heavy atom. The standard InChI is InChI=1S/C38H30N2O6/c1-20-15-31(42)30-18-29-27(33(35(30)36(20)43)22-16-21-17-26(41)11-14-32(21)46-19-22)12-13-28-34(29)38(45)40(37(28)44)25-9-7-24(8-10-25)39-23-5-3-2-4-6-23/h2-12,14-15,17,19,28-29,33-34,39,41H,13,16,18H2,1H3. The Bertz CT molecular complexity index is 1980. The molecule has 2 heterocycles. The molecule has 4 unspecified atom stereocenters. The summed E-state index contributed by atoms with van der Waals surface area (Å²) in [5, 5.41) is 13.5. The van der Waals surface area contributed by atoms with Crippen molar-refractivity contribution in [3.63, 3.8) is 0 Å². The first-order valence-corrected chi connectivity index (χ1v) is 15.5. The topological polar surface area (TPSA) is 113 Å². The van der Waals surface area contributed by atoms with Crippen LogP contribution in [0.15, 0.2) is 119 Å². The number of ketones is 2. The third kappa shape index (κ3) is 4.35. The van der Waals surface area contributed by atoms with E-state index >= 15 is 0 Å². The number of rotatable bonds is 4. The second-order valence-electron chi connectivity index (χ2n) is 12.6. The number of Topliss-reactive ketones (excluding diaryl/α,β-unsaturated/α-hetero) is 1. The van der Waals surface area contributed by atoms with Crippen LogP contribution in [0.25, 0.3) is 0 Å². The van der Waals surface area contributed by atoms with Gasteiger partial charge in [-0.2, -0.15) is 0 Å². The highest BCUT2D eigenvalue weighted by molar-refractivity contribution is 6.25. The number of nitrogens with one attached hydrogen (secondary N) is 1. The van der Waals surface area contributed by atoms with Crippen molar-refractivity contribution in [3.8, 4) is 11.5 Å². The van der Waals surface area contributed by atoms with Crippen LogP contribution in [0.3, 0.4) is 0 Å². The predicted molar refractivity (Wildman–Crippen MR) is 171 cm³/mol. The summed E-state index contributed by atoms with van der Waals surface area (Å²) in [5.74, 6) is -2.49. The van der Waals surface area contributed by atoms with Gasteiger partial charge in [0.25, 0.3) is 0 Å². The van der Waals surface area contributed by atoms with Crippen molar-refractivity contribution in [1.82, 2.24) is 0 Å². The number of nitrogens with zero attached hydrogens (tertiary/aromatic N) is 1. The van der Waals surface area contributed by atoms with Gasteiger partial charge in [0.2, 0.25) is 11.8 Å². The molecule has 0 bridgehead atoms. The number of hydrogen-bond acceptors (Lipinski definition) is 7. The lowest BCUT2D eigenvalue weighted by Crippen LogP contribution is -2.41. The molecule has 0 radical (unpaired) electrons. The molecule has 3 aliphatic carbocycles. The minimum atomic E-state index is -0.664. The van der Waals surface area contributed by atoms with Crippen LogP contribution in [0.2, 0.25) is 0 Å². The highest BCUT2D eigenvalue weighted by atomic mass is 16.5. The third-order valence-electron chi connectivity index (χ3n) is 9.90. The second-order valence-corrected chi connectivity index (χ2v) is 12.6. The van der Waals surface area contributed by atoms with Crippen molar-refractivity contribution in [2.24, 2.45) is 23.7 Å². The van der Waals surface area contributed by atoms with Crippen molar-refractivity contribution in [2.45, 2.75) is 26.2 Å². The molecule has 8 rings (SSSR count). The highest BCUT2D eigenvalue weighted by Gasteiger charge is 2.57. The van der Waals surface area contributed by atoms with E-state index in [9.17, 15) is 24.3 Å². The third-order valence-corrected chi connectivity index (χ3v) is 9.90. The van der Waals surface area contributed by atoms with Crippen LogP contribution < -0.4 is 15.0 Å². The van der Waals surface area contributed by atoms with Gasteiger partial charge in [0, 0.05) is 46.0 Å². The van der Waals surface area contributed by atoms with Gasteiger partial charge in [-0.3, -0.25) is 24.1 Å². The Morgan fingerprint density at radius 1 is 0.891 bits per heavy atom. The quantitative estimate of drug-likeness (QED) is 0.208. The maximum atomic E-state index is 14.2. The summed E-state index contributed by atoms with van der Waals surface area (Å²) in [6.07, 6.45) is 5.99. The van der Waals surface area contributed by atoms with Gasteiger partial charge in [0.15, 0.2) is 11.6 Å². The number of phenolic OH excluding ortho intramolecular Hbond substituents is 1. The molecule has 0 aromatic heterocycles. The number of fused-ring (bicyclic) bond motifs is 4. The molecule has 3 aromatic rings. The lowest BCUT2D eigenvalue weighted by molar-refractivity contribution is -0.123. The first kappa shape index (κ1) is 28.0. The zero-order valence-electron chi connectivity index (χ0n) is 25.0. The zero-order chi connectivity index (χ0) is 31.7. The van der Waals surface area contributed by atoms with E-state index < -0.39 is 23.7 Å². The second kappa shape index (κ2) is 10.5. The predicted octanol–water partition coefficient (Wildman–Crippen LogP) is 6.12. The maximum Gasteiger partial charge on any atom is 0.238 e. The van der Waals surface area contributed by atoms with Crippen LogP contribution in [0.5, 0.6) is 11.5 Å². The normalized spacial score (nSPS) is 25.1. The fourth-order valence-electron chi connectivity index (χ4n) is 7.81. The minimum Gasteiger partial charge on any atom is -0.508 e. The van der Waals surface area contributed by atoms with Gasteiger partial charge in [0.1, 0.15) is 11.5 Å². The van der Waals surface area contributed by atoms with E-state index in [1.807, 2.05) is 48.5 Å². The summed E-state index contributed by atoms with van der Waals surface area (Å²) < 4.78 is 5.97. The summed E-state index contributed by atoms with van der Waals surface area (Å²) in [5.41, 5.74) is 5.87.